The fourth-order valence-corrected chi connectivity index (χ4v) is 3.95. The Morgan fingerprint density at radius 3 is 2.82 bits per heavy atom. The number of rotatable bonds is 0. The van der Waals surface area contributed by atoms with E-state index in [-0.39, 0.29) is 0 Å². The summed E-state index contributed by atoms with van der Waals surface area (Å²) in [7, 11) is 0. The number of fused-ring (bicyclic) bond motifs is 6. The second-order valence-electron chi connectivity index (χ2n) is 5.74. The Balaban J connectivity index is 2.19. The Hall–Kier alpha value is -1.24. The van der Waals surface area contributed by atoms with Crippen LogP contribution >= 0.6 is 0 Å². The number of hydrogen-bond acceptors (Lipinski definition) is 1. The predicted octanol–water partition coefficient (Wildman–Crippen LogP) is 4.28. The number of aryl methyl sites for hydroxylation is 3. The first-order chi connectivity index (χ1) is 8.25. The Kier molecular flexibility index (Phi) is 1.81. The van der Waals surface area contributed by atoms with Crippen LogP contribution in [0.15, 0.2) is 10.5 Å². The van der Waals surface area contributed by atoms with E-state index < -0.39 is 0 Å². The van der Waals surface area contributed by atoms with Gasteiger partial charge in [-0.15, -0.1) is 0 Å². The molecule has 0 aliphatic heterocycles. The van der Waals surface area contributed by atoms with Gasteiger partial charge in [-0.1, -0.05) is 6.92 Å². The van der Waals surface area contributed by atoms with E-state index in [1.165, 1.54) is 48.6 Å². The highest BCUT2D eigenvalue weighted by molar-refractivity contribution is 5.88. The molecule has 0 spiro atoms. The lowest BCUT2D eigenvalue weighted by molar-refractivity contribution is 0.575. The van der Waals surface area contributed by atoms with Crippen LogP contribution in [-0.2, 0) is 19.3 Å². The van der Waals surface area contributed by atoms with Crippen molar-refractivity contribution >= 4 is 11.0 Å². The summed E-state index contributed by atoms with van der Waals surface area (Å²) in [6.07, 6.45) is 6.40. The molecule has 0 radical (unpaired) electrons. The van der Waals surface area contributed by atoms with E-state index in [1.54, 1.807) is 16.7 Å². The minimum atomic E-state index is 0.742. The van der Waals surface area contributed by atoms with E-state index in [9.17, 15) is 0 Å². The third-order valence-electron chi connectivity index (χ3n) is 4.64. The van der Waals surface area contributed by atoms with Crippen molar-refractivity contribution in [1.29, 1.82) is 0 Å². The van der Waals surface area contributed by atoms with Gasteiger partial charge in [0.15, 0.2) is 0 Å². The van der Waals surface area contributed by atoms with Crippen LogP contribution in [0.2, 0.25) is 0 Å². The van der Waals surface area contributed by atoms with Crippen molar-refractivity contribution in [3.63, 3.8) is 0 Å². The van der Waals surface area contributed by atoms with Crippen LogP contribution in [0.25, 0.3) is 11.0 Å². The van der Waals surface area contributed by atoms with Gasteiger partial charge >= 0.3 is 0 Å². The van der Waals surface area contributed by atoms with Crippen LogP contribution in [-0.4, -0.2) is 0 Å². The monoisotopic (exact) mass is 226 g/mol. The van der Waals surface area contributed by atoms with Gasteiger partial charge in [0.25, 0.3) is 0 Å². The SMILES string of the molecule is Cc1cc2c3c(c4c(c2o1)CCC4C)CCC3. The third kappa shape index (κ3) is 1.15. The maximum atomic E-state index is 5.98. The molecular weight excluding hydrogens is 208 g/mol. The van der Waals surface area contributed by atoms with Crippen LogP contribution < -0.4 is 0 Å². The van der Waals surface area contributed by atoms with Gasteiger partial charge in [0.2, 0.25) is 0 Å². The first-order valence-electron chi connectivity index (χ1n) is 6.82. The molecule has 1 aromatic heterocycles. The topological polar surface area (TPSA) is 13.1 Å². The molecular formula is C16H18O. The molecule has 0 N–H and O–H groups in total. The van der Waals surface area contributed by atoms with Crippen molar-refractivity contribution in [2.24, 2.45) is 0 Å². The fourth-order valence-electron chi connectivity index (χ4n) is 3.95. The molecule has 0 fully saturated rings. The molecule has 0 saturated carbocycles. The summed E-state index contributed by atoms with van der Waals surface area (Å²) in [4.78, 5) is 0. The van der Waals surface area contributed by atoms with E-state index in [0.717, 1.165) is 11.7 Å². The van der Waals surface area contributed by atoms with Crippen LogP contribution in [0.4, 0.5) is 0 Å². The minimum Gasteiger partial charge on any atom is -0.461 e. The second kappa shape index (κ2) is 3.16. The van der Waals surface area contributed by atoms with Crippen LogP contribution in [0.1, 0.15) is 53.7 Å². The summed E-state index contributed by atoms with van der Waals surface area (Å²) < 4.78 is 5.98. The van der Waals surface area contributed by atoms with E-state index in [1.807, 2.05) is 0 Å². The molecule has 88 valence electrons. The molecule has 1 heterocycles. The standard InChI is InChI=1S/C16H18O/c1-9-6-7-13-15(9)12-5-3-4-11(12)14-8-10(2)17-16(13)14/h8-9H,3-7H2,1-2H3. The fraction of sp³-hybridized carbons (Fsp3) is 0.500. The lowest BCUT2D eigenvalue weighted by Gasteiger charge is -2.12. The predicted molar refractivity (Wildman–Crippen MR) is 69.7 cm³/mol. The van der Waals surface area contributed by atoms with E-state index in [2.05, 4.69) is 19.9 Å². The third-order valence-corrected chi connectivity index (χ3v) is 4.64. The van der Waals surface area contributed by atoms with Gasteiger partial charge < -0.3 is 4.42 Å². The zero-order valence-corrected chi connectivity index (χ0v) is 10.6. The van der Waals surface area contributed by atoms with E-state index in [4.69, 9.17) is 4.42 Å². The Morgan fingerprint density at radius 1 is 1.12 bits per heavy atom. The van der Waals surface area contributed by atoms with Crippen molar-refractivity contribution < 1.29 is 4.42 Å². The molecule has 1 unspecified atom stereocenters. The van der Waals surface area contributed by atoms with Gasteiger partial charge in [-0.25, -0.2) is 0 Å². The smallest absolute Gasteiger partial charge is 0.138 e. The van der Waals surface area contributed by atoms with Crippen LogP contribution in [0.5, 0.6) is 0 Å². The second-order valence-corrected chi connectivity index (χ2v) is 5.74. The van der Waals surface area contributed by atoms with E-state index >= 15 is 0 Å². The average Bonchev–Trinajstić information content (AvgIpc) is 2.94. The van der Waals surface area contributed by atoms with Gasteiger partial charge in [0.05, 0.1) is 0 Å². The highest BCUT2D eigenvalue weighted by Crippen LogP contribution is 2.45. The van der Waals surface area contributed by atoms with Crippen LogP contribution in [0, 0.1) is 6.92 Å². The molecule has 2 aromatic rings. The lowest BCUT2D eigenvalue weighted by Crippen LogP contribution is -1.96. The Labute approximate surface area is 102 Å². The maximum absolute atomic E-state index is 5.98. The molecule has 1 aromatic carbocycles. The number of furan rings is 1. The van der Waals surface area contributed by atoms with Crippen molar-refractivity contribution in [3.05, 3.63) is 34.1 Å². The normalized spacial score (nSPS) is 22.1. The summed E-state index contributed by atoms with van der Waals surface area (Å²) in [5, 5.41) is 1.42. The summed E-state index contributed by atoms with van der Waals surface area (Å²) in [5.41, 5.74) is 7.67. The molecule has 1 nitrogen and oxygen atoms in total. The van der Waals surface area contributed by atoms with Gasteiger partial charge in [-0.3, -0.25) is 0 Å². The van der Waals surface area contributed by atoms with Crippen molar-refractivity contribution in [2.75, 3.05) is 0 Å². The summed E-state index contributed by atoms with van der Waals surface area (Å²) in [6.45, 7) is 4.46. The largest absolute Gasteiger partial charge is 0.461 e. The van der Waals surface area contributed by atoms with Gasteiger partial charge in [0, 0.05) is 5.39 Å². The summed E-state index contributed by atoms with van der Waals surface area (Å²) >= 11 is 0. The molecule has 2 aliphatic carbocycles. The zero-order chi connectivity index (χ0) is 11.6. The highest BCUT2D eigenvalue weighted by Gasteiger charge is 2.30. The first-order valence-corrected chi connectivity index (χ1v) is 6.82. The van der Waals surface area contributed by atoms with Crippen molar-refractivity contribution in [2.45, 2.75) is 51.9 Å². The molecule has 1 heteroatoms. The lowest BCUT2D eigenvalue weighted by atomic mass is 9.92. The summed E-state index contributed by atoms with van der Waals surface area (Å²) in [6, 6.07) is 2.25. The quantitative estimate of drug-likeness (QED) is 0.653. The molecule has 1 atom stereocenters. The zero-order valence-electron chi connectivity index (χ0n) is 10.6. The van der Waals surface area contributed by atoms with E-state index in [0.29, 0.717) is 0 Å². The van der Waals surface area contributed by atoms with Gasteiger partial charge in [-0.05, 0) is 73.3 Å². The first kappa shape index (κ1) is 9.76. The number of benzene rings is 1. The van der Waals surface area contributed by atoms with Gasteiger partial charge in [-0.2, -0.15) is 0 Å². The minimum absolute atomic E-state index is 0.742. The highest BCUT2D eigenvalue weighted by atomic mass is 16.3. The Bertz CT molecular complexity index is 618. The molecule has 17 heavy (non-hydrogen) atoms. The molecule has 0 saturated heterocycles. The Morgan fingerprint density at radius 2 is 1.94 bits per heavy atom. The van der Waals surface area contributed by atoms with Crippen LogP contribution in [0.3, 0.4) is 0 Å². The molecule has 2 aliphatic rings. The number of hydrogen-bond donors (Lipinski definition) is 0. The maximum Gasteiger partial charge on any atom is 0.138 e. The molecule has 0 bridgehead atoms. The van der Waals surface area contributed by atoms with Crippen molar-refractivity contribution in [1.82, 2.24) is 0 Å². The molecule has 0 amide bonds. The summed E-state index contributed by atoms with van der Waals surface area (Å²) in [5.74, 6) is 1.81. The van der Waals surface area contributed by atoms with Gasteiger partial charge in [0.1, 0.15) is 11.3 Å². The van der Waals surface area contributed by atoms with Crippen molar-refractivity contribution in [3.8, 4) is 0 Å². The molecule has 4 rings (SSSR count). The average molecular weight is 226 g/mol.